The molecule has 0 aliphatic carbocycles. The molecular weight excluding hydrogens is 991 g/mol. The second-order valence-electron chi connectivity index (χ2n) is 19.0. The van der Waals surface area contributed by atoms with Crippen molar-refractivity contribution in [1.29, 1.82) is 0 Å². The molecule has 4 aliphatic heterocycles. The van der Waals surface area contributed by atoms with Gasteiger partial charge in [0, 0.05) is 94.0 Å². The van der Waals surface area contributed by atoms with Crippen LogP contribution in [0.15, 0.2) is 66.9 Å². The van der Waals surface area contributed by atoms with Gasteiger partial charge in [0.1, 0.15) is 29.7 Å². The number of rotatable bonds is 25. The Kier molecular flexibility index (Phi) is 18.7. The van der Waals surface area contributed by atoms with Crippen LogP contribution in [0.25, 0.3) is 0 Å². The van der Waals surface area contributed by atoms with Gasteiger partial charge in [0.05, 0.1) is 75.4 Å². The zero-order valence-electron chi connectivity index (χ0n) is 42.2. The number of fused-ring (bicyclic) bond motifs is 1. The van der Waals surface area contributed by atoms with Crippen molar-refractivity contribution >= 4 is 88.0 Å². The van der Waals surface area contributed by atoms with Crippen LogP contribution in [-0.2, 0) is 33.2 Å². The lowest BCUT2D eigenvalue weighted by atomic mass is 10.0. The van der Waals surface area contributed by atoms with E-state index >= 15 is 0 Å². The van der Waals surface area contributed by atoms with E-state index in [0.717, 1.165) is 62.7 Å². The van der Waals surface area contributed by atoms with Gasteiger partial charge in [0.15, 0.2) is 5.82 Å². The molecular formula is C52H66ClN10O10P. The highest BCUT2D eigenvalue weighted by atomic mass is 35.5. The summed E-state index contributed by atoms with van der Waals surface area (Å²) < 4.78 is 35.7. The molecule has 0 spiro atoms. The number of nitrogens with one attached hydrogen (secondary N) is 4. The fourth-order valence-electron chi connectivity index (χ4n) is 9.73. The Hall–Kier alpha value is -5.99. The first-order valence-corrected chi connectivity index (χ1v) is 28.2. The third kappa shape index (κ3) is 13.8. The number of imide groups is 2. The monoisotopic (exact) mass is 1060 g/mol. The maximum atomic E-state index is 13.3. The fourth-order valence-corrected chi connectivity index (χ4v) is 11.0. The molecule has 1 atom stereocenters. The number of methoxy groups -OCH3 is 1. The number of para-hydroxylation sites is 1. The van der Waals surface area contributed by atoms with Gasteiger partial charge < -0.3 is 44.4 Å². The summed E-state index contributed by atoms with van der Waals surface area (Å²) in [6.07, 6.45) is 4.91. The number of carbonyl (C=O) groups excluding carboxylic acids is 5. The van der Waals surface area contributed by atoms with Crippen LogP contribution in [0.1, 0.15) is 59.2 Å². The largest absolute Gasteiger partial charge is 0.494 e. The first-order chi connectivity index (χ1) is 35.8. The molecule has 3 fully saturated rings. The Morgan fingerprint density at radius 1 is 0.811 bits per heavy atom. The van der Waals surface area contributed by atoms with Crippen molar-refractivity contribution in [2.75, 3.05) is 133 Å². The van der Waals surface area contributed by atoms with Crippen LogP contribution in [0.4, 0.5) is 34.5 Å². The van der Waals surface area contributed by atoms with Gasteiger partial charge >= 0.3 is 0 Å². The molecule has 1 aromatic heterocycles. The summed E-state index contributed by atoms with van der Waals surface area (Å²) in [6, 6.07) is 17.9. The Morgan fingerprint density at radius 3 is 2.26 bits per heavy atom. The molecule has 1 unspecified atom stereocenters. The number of halogens is 1. The second-order valence-corrected chi connectivity index (χ2v) is 22.6. The van der Waals surface area contributed by atoms with Gasteiger partial charge in [0.25, 0.3) is 11.8 Å². The van der Waals surface area contributed by atoms with Crippen LogP contribution in [0.5, 0.6) is 5.75 Å². The zero-order valence-corrected chi connectivity index (χ0v) is 43.9. The summed E-state index contributed by atoms with van der Waals surface area (Å²) in [5.74, 6) is -0.576. The van der Waals surface area contributed by atoms with Crippen LogP contribution in [0, 0.1) is 0 Å². The van der Waals surface area contributed by atoms with Gasteiger partial charge in [0.2, 0.25) is 17.8 Å². The fraction of sp³-hybridized carbons (Fsp3) is 0.481. The van der Waals surface area contributed by atoms with Crippen molar-refractivity contribution in [2.24, 2.45) is 0 Å². The zero-order chi connectivity index (χ0) is 52.2. The predicted octanol–water partition coefficient (Wildman–Crippen LogP) is 5.37. The lowest BCUT2D eigenvalue weighted by Gasteiger charge is -2.43. The summed E-state index contributed by atoms with van der Waals surface area (Å²) >= 11 is 6.49. The molecule has 20 nitrogen and oxygen atoms in total. The number of piperidine rings is 2. The third-order valence-electron chi connectivity index (χ3n) is 13.6. The number of benzene rings is 3. The number of ether oxygens (including phenoxy) is 4. The molecule has 0 radical (unpaired) electrons. The maximum absolute atomic E-state index is 13.3. The average Bonchev–Trinajstić information content (AvgIpc) is 3.65. The highest BCUT2D eigenvalue weighted by Crippen LogP contribution is 2.39. The predicted molar refractivity (Wildman–Crippen MR) is 284 cm³/mol. The minimum atomic E-state index is -2.56. The van der Waals surface area contributed by atoms with Crippen LogP contribution in [-0.4, -0.2) is 179 Å². The molecule has 8 rings (SSSR count). The number of hydrogen-bond acceptors (Lipinski definition) is 18. The maximum Gasteiger partial charge on any atom is 0.264 e. The minimum absolute atomic E-state index is 0.0581. The Labute approximate surface area is 436 Å². The van der Waals surface area contributed by atoms with Gasteiger partial charge in [-0.05, 0) is 75.4 Å². The Bertz CT molecular complexity index is 2710. The third-order valence-corrected chi connectivity index (χ3v) is 15.4. The normalized spacial score (nSPS) is 17.9. The first-order valence-electron chi connectivity index (χ1n) is 25.2. The molecule has 4 N–H and O–H groups in total. The van der Waals surface area contributed by atoms with E-state index in [0.29, 0.717) is 117 Å². The molecule has 3 saturated heterocycles. The van der Waals surface area contributed by atoms with Crippen molar-refractivity contribution in [2.45, 2.75) is 50.6 Å². The highest BCUT2D eigenvalue weighted by Gasteiger charge is 2.45. The number of Topliss-reactive ketones (excluding diaryl/α,β-unsaturated/α-hetero) is 1. The molecule has 0 bridgehead atoms. The molecule has 4 aliphatic rings. The van der Waals surface area contributed by atoms with Crippen LogP contribution in [0.3, 0.4) is 0 Å². The molecule has 74 heavy (non-hydrogen) atoms. The standard InChI is InChI=1S/C52H66ClN10O10P/c1-70-44-32-36(13-14-40(44)57-52-55-33-39(53)48(59-52)56-41-10-4-5-12-45(41)74(2,3)69)61-20-17-35(18-21-61)62-24-22-60(23-25-62)34-37(64)8-7-26-71-28-30-73-31-29-72-27-19-54-42-11-6-9-38-47(42)51(68)63(50(38)67)43-15-16-46(65)58-49(43)66/h4-6,9-14,32-33,35,43,54H,7-8,15-31,34H2,1-3H3,(H,58,65,66)(H2,55,56,57,59). The molecule has 396 valence electrons. The van der Waals surface area contributed by atoms with E-state index < -0.39 is 36.8 Å². The van der Waals surface area contributed by atoms with Crippen molar-refractivity contribution in [3.63, 3.8) is 0 Å². The average molecular weight is 1060 g/mol. The molecule has 4 amide bonds. The van der Waals surface area contributed by atoms with Gasteiger partial charge in [-0.3, -0.25) is 44.0 Å². The number of carbonyl (C=O) groups is 5. The van der Waals surface area contributed by atoms with Gasteiger partial charge in [-0.2, -0.15) is 4.98 Å². The van der Waals surface area contributed by atoms with Crippen molar-refractivity contribution < 1.29 is 47.5 Å². The summed E-state index contributed by atoms with van der Waals surface area (Å²) in [4.78, 5) is 80.3. The van der Waals surface area contributed by atoms with Crippen molar-refractivity contribution in [3.8, 4) is 5.75 Å². The Balaban J connectivity index is 0.652. The molecule has 4 aromatic rings. The first kappa shape index (κ1) is 54.3. The van der Waals surface area contributed by atoms with E-state index in [1.165, 1.54) is 6.20 Å². The van der Waals surface area contributed by atoms with Crippen molar-refractivity contribution in [3.05, 3.63) is 83.0 Å². The Morgan fingerprint density at radius 2 is 1.53 bits per heavy atom. The molecule has 3 aromatic carbocycles. The van der Waals surface area contributed by atoms with E-state index in [4.69, 9.17) is 30.5 Å². The smallest absolute Gasteiger partial charge is 0.264 e. The van der Waals surface area contributed by atoms with E-state index in [-0.39, 0.29) is 29.8 Å². The van der Waals surface area contributed by atoms with Crippen LogP contribution < -0.4 is 36.2 Å². The SMILES string of the molecule is COc1cc(N2CCC(N3CCN(CC(=O)CCCOCCOCCOCCNc4cccc5c4C(=O)N(C4CCC(=O)NC4=O)C5=O)CC3)CC2)ccc1Nc1ncc(Cl)c(Nc2ccccc2P(C)(C)=O)n1. The van der Waals surface area contributed by atoms with E-state index in [1.54, 1.807) is 38.6 Å². The number of piperazine rings is 1. The number of nitrogens with zero attached hydrogens (tertiary/aromatic N) is 6. The summed E-state index contributed by atoms with van der Waals surface area (Å²) in [6.45, 7) is 12.1. The number of hydrogen-bond donors (Lipinski definition) is 4. The lowest BCUT2D eigenvalue weighted by Crippen LogP contribution is -2.54. The molecule has 5 heterocycles. The van der Waals surface area contributed by atoms with Gasteiger partial charge in [-0.1, -0.05) is 29.8 Å². The number of amides is 4. The quantitative estimate of drug-likeness (QED) is 0.0372. The van der Waals surface area contributed by atoms with Gasteiger partial charge in [-0.15, -0.1) is 0 Å². The minimum Gasteiger partial charge on any atom is -0.494 e. The molecule has 22 heteroatoms. The number of ketones is 1. The summed E-state index contributed by atoms with van der Waals surface area (Å²) in [7, 11) is -0.918. The van der Waals surface area contributed by atoms with Crippen LogP contribution >= 0.6 is 18.7 Å². The van der Waals surface area contributed by atoms with E-state index in [2.05, 4.69) is 52.0 Å². The second kappa shape index (κ2) is 25.5. The summed E-state index contributed by atoms with van der Waals surface area (Å²) in [5, 5.41) is 12.9. The number of anilines is 6. The number of aromatic nitrogens is 2. The topological polar surface area (TPSA) is 226 Å². The molecule has 0 saturated carbocycles. The van der Waals surface area contributed by atoms with E-state index in [9.17, 15) is 28.5 Å². The van der Waals surface area contributed by atoms with Crippen molar-refractivity contribution in [1.82, 2.24) is 30.0 Å². The highest BCUT2D eigenvalue weighted by molar-refractivity contribution is 7.70. The van der Waals surface area contributed by atoms with Crippen LogP contribution in [0.2, 0.25) is 5.02 Å². The van der Waals surface area contributed by atoms with E-state index in [1.807, 2.05) is 36.4 Å². The van der Waals surface area contributed by atoms with Gasteiger partial charge in [-0.25, -0.2) is 4.98 Å². The summed E-state index contributed by atoms with van der Waals surface area (Å²) in [5.41, 5.74) is 3.36. The lowest BCUT2D eigenvalue weighted by molar-refractivity contribution is -0.136.